The quantitative estimate of drug-likeness (QED) is 0.792. The molecule has 0 aliphatic carbocycles. The van der Waals surface area contributed by atoms with Crippen molar-refractivity contribution in [2.24, 2.45) is 22.7 Å². The Kier molecular flexibility index (Phi) is 5.12. The molecule has 2 aliphatic heterocycles. The molecule has 2 amide bonds. The van der Waals surface area contributed by atoms with Crippen LogP contribution in [0, 0.1) is 22.7 Å². The van der Waals surface area contributed by atoms with Crippen LogP contribution in [0.15, 0.2) is 0 Å². The Morgan fingerprint density at radius 2 is 1.12 bits per heavy atom. The molecule has 2 bridgehead atoms. The lowest BCUT2D eigenvalue weighted by Gasteiger charge is -2.60. The van der Waals surface area contributed by atoms with E-state index in [2.05, 4.69) is 0 Å². The van der Waals surface area contributed by atoms with Crippen molar-refractivity contribution in [2.75, 3.05) is 26.2 Å². The van der Waals surface area contributed by atoms with E-state index in [0.29, 0.717) is 39.0 Å². The highest BCUT2D eigenvalue weighted by Gasteiger charge is 2.63. The Balaban J connectivity index is 2.56. The lowest BCUT2D eigenvalue weighted by atomic mass is 9.55. The molecule has 5 heteroatoms. The van der Waals surface area contributed by atoms with Gasteiger partial charge in [-0.15, -0.1) is 0 Å². The number of fused-ring (bicyclic) bond motifs is 2. The van der Waals surface area contributed by atoms with Crippen molar-refractivity contribution in [3.05, 3.63) is 0 Å². The highest BCUT2D eigenvalue weighted by Crippen LogP contribution is 2.50. The van der Waals surface area contributed by atoms with Gasteiger partial charge in [0.15, 0.2) is 5.78 Å². The van der Waals surface area contributed by atoms with Gasteiger partial charge in [-0.1, -0.05) is 41.5 Å². The zero-order valence-electron chi connectivity index (χ0n) is 16.0. The van der Waals surface area contributed by atoms with E-state index in [1.165, 1.54) is 0 Å². The topological polar surface area (TPSA) is 57.7 Å². The number of hydrogen-bond donors (Lipinski definition) is 0. The molecule has 24 heavy (non-hydrogen) atoms. The molecule has 0 aromatic heterocycles. The first-order valence-electron chi connectivity index (χ1n) is 9.25. The highest BCUT2D eigenvalue weighted by molar-refractivity contribution is 5.96. The maximum Gasteiger partial charge on any atom is 0.222 e. The number of ketones is 1. The predicted octanol–water partition coefficient (Wildman–Crippen LogP) is 2.34. The first kappa shape index (κ1) is 18.9. The van der Waals surface area contributed by atoms with Gasteiger partial charge in [-0.05, 0) is 11.8 Å². The molecule has 0 atom stereocenters. The molecule has 2 saturated heterocycles. The lowest BCUT2D eigenvalue weighted by Crippen LogP contribution is -2.73. The average Bonchev–Trinajstić information content (AvgIpc) is 2.53. The summed E-state index contributed by atoms with van der Waals surface area (Å²) in [6.45, 7) is 13.7. The molecule has 2 heterocycles. The summed E-state index contributed by atoms with van der Waals surface area (Å²) in [5, 5.41) is 0. The second-order valence-electron chi connectivity index (χ2n) is 8.16. The zero-order valence-corrected chi connectivity index (χ0v) is 16.0. The molecule has 0 unspecified atom stereocenters. The van der Waals surface area contributed by atoms with Crippen LogP contribution < -0.4 is 0 Å². The van der Waals surface area contributed by atoms with Gasteiger partial charge < -0.3 is 9.80 Å². The van der Waals surface area contributed by atoms with Gasteiger partial charge >= 0.3 is 0 Å². The van der Waals surface area contributed by atoms with Gasteiger partial charge in [0.25, 0.3) is 0 Å². The summed E-state index contributed by atoms with van der Waals surface area (Å²) in [4.78, 5) is 42.2. The minimum Gasteiger partial charge on any atom is -0.341 e. The molecule has 2 rings (SSSR count). The number of amides is 2. The van der Waals surface area contributed by atoms with Gasteiger partial charge in [0.05, 0.1) is 10.8 Å². The van der Waals surface area contributed by atoms with E-state index in [1.54, 1.807) is 0 Å². The number of carbonyl (C=O) groups is 3. The molecule has 0 aromatic rings. The Morgan fingerprint density at radius 3 is 1.33 bits per heavy atom. The monoisotopic (exact) mass is 336 g/mol. The van der Waals surface area contributed by atoms with E-state index in [4.69, 9.17) is 0 Å². The van der Waals surface area contributed by atoms with Gasteiger partial charge in [0, 0.05) is 39.0 Å². The van der Waals surface area contributed by atoms with Crippen molar-refractivity contribution in [1.29, 1.82) is 0 Å². The number of hydrogen-bond acceptors (Lipinski definition) is 3. The van der Waals surface area contributed by atoms with Crippen LogP contribution in [-0.2, 0) is 14.4 Å². The molecule has 0 spiro atoms. The molecule has 0 aromatic carbocycles. The molecule has 0 radical (unpaired) electrons. The molecular formula is C19H32N2O3. The number of Topliss-reactive ketones (excluding diaryl/α,β-unsaturated/α-hetero) is 1. The van der Waals surface area contributed by atoms with Crippen molar-refractivity contribution >= 4 is 17.6 Å². The number of carbonyl (C=O) groups excluding carboxylic acids is 3. The van der Waals surface area contributed by atoms with Crippen LogP contribution in [-0.4, -0.2) is 53.6 Å². The molecule has 0 N–H and O–H groups in total. The van der Waals surface area contributed by atoms with E-state index in [-0.39, 0.29) is 29.4 Å². The van der Waals surface area contributed by atoms with Crippen LogP contribution in [0.5, 0.6) is 0 Å². The maximum absolute atomic E-state index is 13.6. The predicted molar refractivity (Wildman–Crippen MR) is 93.3 cm³/mol. The van der Waals surface area contributed by atoms with Gasteiger partial charge in [0.2, 0.25) is 11.8 Å². The Hall–Kier alpha value is -1.39. The molecule has 136 valence electrons. The first-order chi connectivity index (χ1) is 11.1. The second kappa shape index (κ2) is 6.49. The number of nitrogens with zero attached hydrogens (tertiary/aromatic N) is 2. The van der Waals surface area contributed by atoms with Crippen LogP contribution >= 0.6 is 0 Å². The SMILES string of the molecule is CCC(=O)N1CC2(C(C)C)CN(C(=O)CC)CC(C(C)C)(C1)C2=O. The summed E-state index contributed by atoms with van der Waals surface area (Å²) < 4.78 is 0. The van der Waals surface area contributed by atoms with Crippen LogP contribution in [0.1, 0.15) is 54.4 Å². The van der Waals surface area contributed by atoms with E-state index in [9.17, 15) is 14.4 Å². The number of rotatable bonds is 4. The molecule has 2 aliphatic rings. The largest absolute Gasteiger partial charge is 0.341 e. The van der Waals surface area contributed by atoms with Gasteiger partial charge in [-0.25, -0.2) is 0 Å². The van der Waals surface area contributed by atoms with Gasteiger partial charge in [0.1, 0.15) is 0 Å². The van der Waals surface area contributed by atoms with E-state index < -0.39 is 10.8 Å². The Labute approximate surface area is 145 Å². The third kappa shape index (κ3) is 2.66. The van der Waals surface area contributed by atoms with Crippen molar-refractivity contribution in [3.63, 3.8) is 0 Å². The summed E-state index contributed by atoms with van der Waals surface area (Å²) in [6, 6.07) is 0. The third-order valence-corrected chi connectivity index (χ3v) is 6.32. The minimum atomic E-state index is -0.642. The van der Waals surface area contributed by atoms with E-state index in [0.717, 1.165) is 0 Å². The van der Waals surface area contributed by atoms with Crippen LogP contribution in [0.3, 0.4) is 0 Å². The van der Waals surface area contributed by atoms with Crippen LogP contribution in [0.2, 0.25) is 0 Å². The third-order valence-electron chi connectivity index (χ3n) is 6.32. The first-order valence-corrected chi connectivity index (χ1v) is 9.25. The number of piperidine rings is 2. The fourth-order valence-electron chi connectivity index (χ4n) is 4.41. The smallest absolute Gasteiger partial charge is 0.222 e. The standard InChI is InChI=1S/C19H32N2O3/c1-7-15(22)20-9-18(13(3)4)11-21(16(23)8-2)12-19(10-20,14(5)6)17(18)24/h13-14H,7-12H2,1-6H3. The summed E-state index contributed by atoms with van der Waals surface area (Å²) in [5.41, 5.74) is -1.28. The molecular weight excluding hydrogens is 304 g/mol. The second-order valence-corrected chi connectivity index (χ2v) is 8.16. The Bertz CT molecular complexity index is 481. The zero-order chi connectivity index (χ0) is 18.3. The normalized spacial score (nSPS) is 30.2. The van der Waals surface area contributed by atoms with Crippen molar-refractivity contribution in [1.82, 2.24) is 9.80 Å². The van der Waals surface area contributed by atoms with Gasteiger partial charge in [-0.2, -0.15) is 0 Å². The summed E-state index contributed by atoms with van der Waals surface area (Å²) >= 11 is 0. The summed E-state index contributed by atoms with van der Waals surface area (Å²) in [7, 11) is 0. The van der Waals surface area contributed by atoms with Crippen LogP contribution in [0.4, 0.5) is 0 Å². The number of likely N-dealkylation sites (tertiary alicyclic amines) is 2. The van der Waals surface area contributed by atoms with Crippen molar-refractivity contribution in [3.8, 4) is 0 Å². The van der Waals surface area contributed by atoms with Crippen molar-refractivity contribution < 1.29 is 14.4 Å². The average molecular weight is 336 g/mol. The molecule has 2 fully saturated rings. The Morgan fingerprint density at radius 1 is 0.833 bits per heavy atom. The maximum atomic E-state index is 13.6. The van der Waals surface area contributed by atoms with Gasteiger partial charge in [-0.3, -0.25) is 14.4 Å². The summed E-state index contributed by atoms with van der Waals surface area (Å²) in [5.74, 6) is 0.645. The van der Waals surface area contributed by atoms with E-state index in [1.807, 2.05) is 51.3 Å². The molecule has 5 nitrogen and oxygen atoms in total. The lowest BCUT2D eigenvalue weighted by molar-refractivity contribution is -0.178. The molecule has 0 saturated carbocycles. The summed E-state index contributed by atoms with van der Waals surface area (Å²) in [6.07, 6.45) is 0.905. The fraction of sp³-hybridized carbons (Fsp3) is 0.842. The minimum absolute atomic E-state index is 0.0861. The van der Waals surface area contributed by atoms with Crippen LogP contribution in [0.25, 0.3) is 0 Å². The highest BCUT2D eigenvalue weighted by atomic mass is 16.2. The fourth-order valence-corrected chi connectivity index (χ4v) is 4.41. The van der Waals surface area contributed by atoms with Crippen molar-refractivity contribution in [2.45, 2.75) is 54.4 Å². The van der Waals surface area contributed by atoms with E-state index >= 15 is 0 Å².